The van der Waals surface area contributed by atoms with Crippen LogP contribution in [0, 0.1) is 13.8 Å². The van der Waals surface area contributed by atoms with E-state index in [1.54, 1.807) is 11.3 Å². The highest BCUT2D eigenvalue weighted by atomic mass is 32.1. The normalized spacial score (nSPS) is 12.2. The first-order chi connectivity index (χ1) is 11.6. The Morgan fingerprint density at radius 3 is 2.79 bits per heavy atom. The second-order valence-corrected chi connectivity index (χ2v) is 7.49. The van der Waals surface area contributed by atoms with Crippen LogP contribution in [0.2, 0.25) is 0 Å². The molecule has 24 heavy (non-hydrogen) atoms. The summed E-state index contributed by atoms with van der Waals surface area (Å²) < 4.78 is 8.74. The van der Waals surface area contributed by atoms with Crippen molar-refractivity contribution in [2.45, 2.75) is 27.3 Å². The summed E-state index contributed by atoms with van der Waals surface area (Å²) in [7, 11) is 0. The van der Waals surface area contributed by atoms with Gasteiger partial charge >= 0.3 is 0 Å². The molecule has 0 fully saturated rings. The lowest BCUT2D eigenvalue weighted by atomic mass is 10.1. The van der Waals surface area contributed by atoms with Gasteiger partial charge in [0.15, 0.2) is 4.80 Å². The van der Waals surface area contributed by atoms with Gasteiger partial charge in [-0.1, -0.05) is 17.4 Å². The van der Waals surface area contributed by atoms with Gasteiger partial charge in [0.1, 0.15) is 0 Å². The third kappa shape index (κ3) is 3.50. The van der Waals surface area contributed by atoms with Crippen LogP contribution in [0.1, 0.15) is 27.7 Å². The number of aromatic nitrogens is 1. The molecule has 1 amide bonds. The summed E-state index contributed by atoms with van der Waals surface area (Å²) in [4.78, 5) is 18.1. The number of thiophene rings is 1. The van der Waals surface area contributed by atoms with Crippen LogP contribution in [0.4, 0.5) is 0 Å². The van der Waals surface area contributed by atoms with Gasteiger partial charge in [0.05, 0.1) is 21.7 Å². The average molecular weight is 361 g/mol. The molecular weight excluding hydrogens is 340 g/mol. The molecular formula is C18H20N2O2S2. The molecule has 0 saturated carbocycles. The molecule has 4 nitrogen and oxygen atoms in total. The minimum Gasteiger partial charge on any atom is -0.380 e. The Morgan fingerprint density at radius 2 is 2.08 bits per heavy atom. The molecule has 1 aromatic carbocycles. The van der Waals surface area contributed by atoms with Crippen molar-refractivity contribution in [3.8, 4) is 0 Å². The highest BCUT2D eigenvalue weighted by Gasteiger charge is 2.11. The third-order valence-electron chi connectivity index (χ3n) is 3.89. The number of thiazole rings is 1. The van der Waals surface area contributed by atoms with Crippen LogP contribution in [-0.2, 0) is 11.3 Å². The molecule has 0 saturated heterocycles. The summed E-state index contributed by atoms with van der Waals surface area (Å²) in [5.41, 5.74) is 3.60. The molecule has 6 heteroatoms. The van der Waals surface area contributed by atoms with Gasteiger partial charge in [-0.25, -0.2) is 0 Å². The van der Waals surface area contributed by atoms with E-state index in [-0.39, 0.29) is 5.91 Å². The predicted molar refractivity (Wildman–Crippen MR) is 100.0 cm³/mol. The van der Waals surface area contributed by atoms with Gasteiger partial charge in [0.25, 0.3) is 5.91 Å². The average Bonchev–Trinajstić information content (AvgIpc) is 3.18. The second-order valence-electron chi connectivity index (χ2n) is 5.53. The highest BCUT2D eigenvalue weighted by Crippen LogP contribution is 2.22. The molecule has 0 atom stereocenters. The maximum Gasteiger partial charge on any atom is 0.289 e. The number of hydrogen-bond acceptors (Lipinski definition) is 4. The molecule has 0 spiro atoms. The number of benzene rings is 1. The fourth-order valence-corrected chi connectivity index (χ4v) is 4.21. The number of aryl methyl sites for hydroxylation is 2. The van der Waals surface area contributed by atoms with Gasteiger partial charge in [-0.3, -0.25) is 4.79 Å². The lowest BCUT2D eigenvalue weighted by Crippen LogP contribution is -2.19. The van der Waals surface area contributed by atoms with E-state index in [2.05, 4.69) is 35.5 Å². The highest BCUT2D eigenvalue weighted by molar-refractivity contribution is 7.16. The first-order valence-electron chi connectivity index (χ1n) is 7.91. The van der Waals surface area contributed by atoms with Crippen molar-refractivity contribution in [2.24, 2.45) is 4.99 Å². The minimum absolute atomic E-state index is 0.185. The standard InChI is InChI=1S/C18H20N2O2S2/c1-4-22-8-7-20-14-10-12(2)13(3)11-16(14)24-18(20)19-17(21)15-6-5-9-23-15/h5-6,9-11H,4,7-8H2,1-3H3. The summed E-state index contributed by atoms with van der Waals surface area (Å²) in [5.74, 6) is -0.185. The number of hydrogen-bond donors (Lipinski definition) is 0. The Hall–Kier alpha value is -1.76. The number of fused-ring (bicyclic) bond motifs is 1. The lowest BCUT2D eigenvalue weighted by molar-refractivity contribution is 0.100. The zero-order valence-corrected chi connectivity index (χ0v) is 15.7. The number of nitrogens with zero attached hydrogens (tertiary/aromatic N) is 2. The fourth-order valence-electron chi connectivity index (χ4n) is 2.47. The minimum atomic E-state index is -0.185. The van der Waals surface area contributed by atoms with E-state index in [0.717, 1.165) is 15.0 Å². The zero-order valence-electron chi connectivity index (χ0n) is 14.0. The molecule has 0 unspecified atom stereocenters. The smallest absolute Gasteiger partial charge is 0.289 e. The molecule has 0 N–H and O–H groups in total. The van der Waals surface area contributed by atoms with Crippen LogP contribution >= 0.6 is 22.7 Å². The molecule has 2 heterocycles. The van der Waals surface area contributed by atoms with E-state index in [4.69, 9.17) is 4.74 Å². The van der Waals surface area contributed by atoms with E-state index >= 15 is 0 Å². The van der Waals surface area contributed by atoms with Gasteiger partial charge in [0, 0.05) is 13.2 Å². The maximum atomic E-state index is 12.4. The first-order valence-corrected chi connectivity index (χ1v) is 9.60. The van der Waals surface area contributed by atoms with Crippen molar-refractivity contribution in [2.75, 3.05) is 13.2 Å². The Kier molecular flexibility index (Phi) is 5.28. The third-order valence-corrected chi connectivity index (χ3v) is 5.79. The molecule has 126 valence electrons. The van der Waals surface area contributed by atoms with Gasteiger partial charge in [-0.2, -0.15) is 4.99 Å². The van der Waals surface area contributed by atoms with Crippen LogP contribution in [0.3, 0.4) is 0 Å². The van der Waals surface area contributed by atoms with Crippen molar-refractivity contribution in [1.29, 1.82) is 0 Å². The van der Waals surface area contributed by atoms with E-state index in [1.165, 1.54) is 22.5 Å². The van der Waals surface area contributed by atoms with E-state index in [9.17, 15) is 4.79 Å². The summed E-state index contributed by atoms with van der Waals surface area (Å²) in [6.07, 6.45) is 0. The first kappa shape index (κ1) is 17.1. The zero-order chi connectivity index (χ0) is 17.1. The van der Waals surface area contributed by atoms with Crippen molar-refractivity contribution < 1.29 is 9.53 Å². The summed E-state index contributed by atoms with van der Waals surface area (Å²) in [6, 6.07) is 8.01. The Labute approximate surface area is 149 Å². The SMILES string of the molecule is CCOCCn1c(=NC(=O)c2cccs2)sc2cc(C)c(C)cc21. The molecule has 0 aliphatic heterocycles. The topological polar surface area (TPSA) is 43.6 Å². The van der Waals surface area contributed by atoms with E-state index in [1.807, 2.05) is 24.4 Å². The predicted octanol–water partition coefficient (Wildman–Crippen LogP) is 4.16. The van der Waals surface area contributed by atoms with Gasteiger partial charge in [-0.15, -0.1) is 11.3 Å². The van der Waals surface area contributed by atoms with Crippen molar-refractivity contribution >= 4 is 38.8 Å². The largest absolute Gasteiger partial charge is 0.380 e. The molecule has 0 aliphatic rings. The van der Waals surface area contributed by atoms with Crippen LogP contribution in [0.25, 0.3) is 10.2 Å². The number of carbonyl (C=O) groups excluding carboxylic acids is 1. The Balaban J connectivity index is 2.11. The van der Waals surface area contributed by atoms with Gasteiger partial charge < -0.3 is 9.30 Å². The molecule has 0 radical (unpaired) electrons. The summed E-state index contributed by atoms with van der Waals surface area (Å²) in [5, 5.41) is 1.89. The summed E-state index contributed by atoms with van der Waals surface area (Å²) in [6.45, 7) is 8.17. The Bertz CT molecular complexity index is 921. The maximum absolute atomic E-state index is 12.4. The van der Waals surface area contributed by atoms with Crippen LogP contribution in [-0.4, -0.2) is 23.7 Å². The molecule has 3 rings (SSSR count). The number of carbonyl (C=O) groups is 1. The van der Waals surface area contributed by atoms with Crippen LogP contribution in [0.15, 0.2) is 34.6 Å². The Morgan fingerprint density at radius 1 is 1.29 bits per heavy atom. The number of ether oxygens (including phenoxy) is 1. The monoisotopic (exact) mass is 360 g/mol. The lowest BCUT2D eigenvalue weighted by Gasteiger charge is -2.07. The summed E-state index contributed by atoms with van der Waals surface area (Å²) >= 11 is 2.97. The van der Waals surface area contributed by atoms with Crippen molar-refractivity contribution in [3.05, 3.63) is 50.5 Å². The number of rotatable bonds is 5. The molecule has 2 aromatic heterocycles. The van der Waals surface area contributed by atoms with Crippen molar-refractivity contribution in [1.82, 2.24) is 4.57 Å². The van der Waals surface area contributed by atoms with Crippen LogP contribution in [0.5, 0.6) is 0 Å². The number of amides is 1. The quantitative estimate of drug-likeness (QED) is 0.641. The van der Waals surface area contributed by atoms with Gasteiger partial charge in [0.2, 0.25) is 0 Å². The fraction of sp³-hybridized carbons (Fsp3) is 0.333. The van der Waals surface area contributed by atoms with Crippen LogP contribution < -0.4 is 4.80 Å². The molecule has 0 bridgehead atoms. The molecule has 0 aliphatic carbocycles. The second kappa shape index (κ2) is 7.42. The van der Waals surface area contributed by atoms with Gasteiger partial charge in [-0.05, 0) is 55.5 Å². The van der Waals surface area contributed by atoms with E-state index in [0.29, 0.717) is 24.6 Å². The molecule has 3 aromatic rings. The van der Waals surface area contributed by atoms with E-state index < -0.39 is 0 Å². The van der Waals surface area contributed by atoms with Crippen molar-refractivity contribution in [3.63, 3.8) is 0 Å².